The van der Waals surface area contributed by atoms with Gasteiger partial charge in [-0.15, -0.1) is 0 Å². The second-order valence-corrected chi connectivity index (χ2v) is 6.83. The fourth-order valence-corrected chi connectivity index (χ4v) is 3.38. The highest BCUT2D eigenvalue weighted by Gasteiger charge is 2.29. The number of aromatic amines is 1. The Labute approximate surface area is 169 Å². The molecule has 160 valence electrons. The Hall–Kier alpha value is -2.84. The van der Waals surface area contributed by atoms with Gasteiger partial charge in [-0.05, 0) is 46.1 Å². The summed E-state index contributed by atoms with van der Waals surface area (Å²) in [6.45, 7) is 7.70. The van der Waals surface area contributed by atoms with Gasteiger partial charge in [0.15, 0.2) is 6.61 Å². The van der Waals surface area contributed by atoms with Crippen molar-refractivity contribution in [3.05, 3.63) is 22.5 Å². The minimum Gasteiger partial charge on any atom is -0.466 e. The van der Waals surface area contributed by atoms with Gasteiger partial charge >= 0.3 is 17.9 Å². The van der Waals surface area contributed by atoms with Crippen molar-refractivity contribution < 1.29 is 33.4 Å². The van der Waals surface area contributed by atoms with E-state index in [1.165, 1.54) is 0 Å². The minimum atomic E-state index is -0.679. The predicted octanol–water partition coefficient (Wildman–Crippen LogP) is 1.77. The van der Waals surface area contributed by atoms with Crippen LogP contribution in [0.25, 0.3) is 0 Å². The fraction of sp³-hybridized carbons (Fsp3) is 0.600. The number of aromatic nitrogens is 1. The van der Waals surface area contributed by atoms with E-state index in [4.69, 9.17) is 14.2 Å². The lowest BCUT2D eigenvalue weighted by Gasteiger charge is -2.30. The molecule has 1 aliphatic heterocycles. The Morgan fingerprint density at radius 1 is 0.966 bits per heavy atom. The molecule has 0 saturated carbocycles. The van der Waals surface area contributed by atoms with Gasteiger partial charge in [-0.25, -0.2) is 9.59 Å². The second kappa shape index (κ2) is 10.1. The molecule has 29 heavy (non-hydrogen) atoms. The van der Waals surface area contributed by atoms with Crippen LogP contribution in [0.15, 0.2) is 0 Å². The van der Waals surface area contributed by atoms with E-state index in [-0.39, 0.29) is 35.7 Å². The maximum Gasteiger partial charge on any atom is 0.355 e. The molecule has 1 fully saturated rings. The van der Waals surface area contributed by atoms with Crippen molar-refractivity contribution in [3.63, 3.8) is 0 Å². The fourth-order valence-electron chi connectivity index (χ4n) is 3.38. The Morgan fingerprint density at radius 2 is 1.59 bits per heavy atom. The molecular weight excluding hydrogens is 380 g/mol. The average molecular weight is 408 g/mol. The normalized spacial score (nSPS) is 14.4. The van der Waals surface area contributed by atoms with Crippen molar-refractivity contribution in [1.29, 1.82) is 0 Å². The predicted molar refractivity (Wildman–Crippen MR) is 102 cm³/mol. The molecule has 0 atom stereocenters. The van der Waals surface area contributed by atoms with Crippen molar-refractivity contribution in [1.82, 2.24) is 9.88 Å². The maximum absolute atomic E-state index is 12.5. The molecule has 0 unspecified atom stereocenters. The van der Waals surface area contributed by atoms with Crippen molar-refractivity contribution in [2.45, 2.75) is 40.5 Å². The van der Waals surface area contributed by atoms with Gasteiger partial charge in [0.05, 0.1) is 24.7 Å². The van der Waals surface area contributed by atoms with Crippen LogP contribution in [0.3, 0.4) is 0 Å². The molecule has 9 heteroatoms. The third-order valence-corrected chi connectivity index (χ3v) is 4.92. The zero-order valence-corrected chi connectivity index (χ0v) is 17.3. The molecule has 0 aromatic carbocycles. The molecule has 1 aromatic heterocycles. The summed E-state index contributed by atoms with van der Waals surface area (Å²) >= 11 is 0. The van der Waals surface area contributed by atoms with Crippen LogP contribution >= 0.6 is 0 Å². The molecule has 0 radical (unpaired) electrons. The first-order chi connectivity index (χ1) is 13.8. The van der Waals surface area contributed by atoms with Gasteiger partial charge in [-0.2, -0.15) is 0 Å². The first-order valence-corrected chi connectivity index (χ1v) is 9.77. The maximum atomic E-state index is 12.5. The number of carbonyl (C=O) groups excluding carboxylic acids is 4. The molecule has 0 bridgehead atoms. The van der Waals surface area contributed by atoms with Crippen LogP contribution in [0, 0.1) is 19.8 Å². The number of hydrogen-bond acceptors (Lipinski definition) is 7. The van der Waals surface area contributed by atoms with Crippen LogP contribution in [-0.2, 0) is 23.8 Å². The number of esters is 3. The zero-order chi connectivity index (χ0) is 21.6. The van der Waals surface area contributed by atoms with Crippen molar-refractivity contribution >= 4 is 23.8 Å². The van der Waals surface area contributed by atoms with E-state index in [2.05, 4.69) is 4.98 Å². The highest BCUT2D eigenvalue weighted by molar-refractivity contribution is 5.99. The highest BCUT2D eigenvalue weighted by Crippen LogP contribution is 2.21. The van der Waals surface area contributed by atoms with Crippen molar-refractivity contribution in [2.75, 3.05) is 32.9 Å². The number of nitrogens with zero attached hydrogens (tertiary/aromatic N) is 1. The largest absolute Gasteiger partial charge is 0.466 e. The van der Waals surface area contributed by atoms with Crippen LogP contribution in [0.2, 0.25) is 0 Å². The van der Waals surface area contributed by atoms with Crippen molar-refractivity contribution in [3.8, 4) is 0 Å². The Kier molecular flexibility index (Phi) is 7.81. The Bertz CT molecular complexity index is 776. The number of carbonyl (C=O) groups is 4. The van der Waals surface area contributed by atoms with Crippen LogP contribution in [0.4, 0.5) is 0 Å². The molecule has 0 spiro atoms. The molecule has 2 heterocycles. The van der Waals surface area contributed by atoms with E-state index in [1.54, 1.807) is 32.6 Å². The molecule has 9 nitrogen and oxygen atoms in total. The van der Waals surface area contributed by atoms with Gasteiger partial charge in [-0.1, -0.05) is 0 Å². The van der Waals surface area contributed by atoms with E-state index >= 15 is 0 Å². The Morgan fingerprint density at radius 3 is 2.17 bits per heavy atom. The summed E-state index contributed by atoms with van der Waals surface area (Å²) in [4.78, 5) is 52.9. The second-order valence-electron chi connectivity index (χ2n) is 6.83. The molecule has 1 aromatic rings. The number of amides is 1. The van der Waals surface area contributed by atoms with E-state index in [1.807, 2.05) is 0 Å². The van der Waals surface area contributed by atoms with E-state index in [0.29, 0.717) is 43.8 Å². The topological polar surface area (TPSA) is 115 Å². The number of rotatable bonds is 7. The third kappa shape index (κ3) is 5.36. The van der Waals surface area contributed by atoms with Gasteiger partial charge in [0, 0.05) is 18.8 Å². The van der Waals surface area contributed by atoms with Gasteiger partial charge in [-0.3, -0.25) is 9.59 Å². The monoisotopic (exact) mass is 408 g/mol. The molecule has 1 aliphatic rings. The van der Waals surface area contributed by atoms with Crippen LogP contribution in [0.5, 0.6) is 0 Å². The molecule has 1 N–H and O–H groups in total. The van der Waals surface area contributed by atoms with Gasteiger partial charge < -0.3 is 24.1 Å². The summed E-state index contributed by atoms with van der Waals surface area (Å²) in [6.07, 6.45) is 1.05. The Balaban J connectivity index is 1.91. The highest BCUT2D eigenvalue weighted by atomic mass is 16.5. The standard InChI is InChI=1S/C20H28N2O7/c1-5-27-18(24)14-7-9-22(10-8-14)15(23)11-29-19(25)16-12(3)17(21-13(16)4)20(26)28-6-2/h14,21H,5-11H2,1-4H3. The number of aryl methyl sites for hydroxylation is 1. The summed E-state index contributed by atoms with van der Waals surface area (Å²) < 4.78 is 15.1. The molecule has 2 rings (SSSR count). The molecule has 1 amide bonds. The zero-order valence-electron chi connectivity index (χ0n) is 17.3. The average Bonchev–Trinajstić information content (AvgIpc) is 3.00. The number of hydrogen-bond donors (Lipinski definition) is 1. The van der Waals surface area contributed by atoms with Gasteiger partial charge in [0.1, 0.15) is 5.69 Å². The smallest absolute Gasteiger partial charge is 0.355 e. The number of nitrogens with one attached hydrogen (secondary N) is 1. The number of likely N-dealkylation sites (tertiary alicyclic amines) is 1. The summed E-state index contributed by atoms with van der Waals surface area (Å²) in [5.74, 6) is -1.98. The molecule has 0 aliphatic carbocycles. The summed E-state index contributed by atoms with van der Waals surface area (Å²) in [6, 6.07) is 0. The lowest BCUT2D eigenvalue weighted by Crippen LogP contribution is -2.42. The van der Waals surface area contributed by atoms with Gasteiger partial charge in [0.25, 0.3) is 5.91 Å². The summed E-state index contributed by atoms with van der Waals surface area (Å²) in [5, 5.41) is 0. The number of piperidine rings is 1. The molecule has 1 saturated heterocycles. The first-order valence-electron chi connectivity index (χ1n) is 9.77. The van der Waals surface area contributed by atoms with Crippen molar-refractivity contribution in [2.24, 2.45) is 5.92 Å². The van der Waals surface area contributed by atoms with E-state index in [9.17, 15) is 19.2 Å². The van der Waals surface area contributed by atoms with E-state index in [0.717, 1.165) is 0 Å². The SMILES string of the molecule is CCOC(=O)c1[nH]c(C)c(C(=O)OCC(=O)N2CCC(C(=O)OCC)CC2)c1C. The lowest BCUT2D eigenvalue weighted by molar-refractivity contribution is -0.151. The lowest BCUT2D eigenvalue weighted by atomic mass is 9.97. The van der Waals surface area contributed by atoms with Gasteiger partial charge in [0.2, 0.25) is 0 Å². The quantitative estimate of drug-likeness (QED) is 0.540. The number of H-pyrrole nitrogens is 1. The first kappa shape index (κ1) is 22.4. The summed E-state index contributed by atoms with van der Waals surface area (Å²) in [7, 11) is 0. The van der Waals surface area contributed by atoms with Crippen LogP contribution in [-0.4, -0.2) is 66.6 Å². The summed E-state index contributed by atoms with van der Waals surface area (Å²) in [5.41, 5.74) is 1.32. The van der Waals surface area contributed by atoms with Crippen LogP contribution in [0.1, 0.15) is 58.8 Å². The van der Waals surface area contributed by atoms with E-state index < -0.39 is 18.5 Å². The number of ether oxygens (including phenoxy) is 3. The minimum absolute atomic E-state index is 0.198. The third-order valence-electron chi connectivity index (χ3n) is 4.92. The molecular formula is C20H28N2O7. The van der Waals surface area contributed by atoms with Crippen LogP contribution < -0.4 is 0 Å².